The van der Waals surface area contributed by atoms with Crippen molar-refractivity contribution >= 4 is 23.6 Å². The third-order valence-corrected chi connectivity index (χ3v) is 5.17. The van der Waals surface area contributed by atoms with Crippen molar-refractivity contribution in [2.24, 2.45) is 0 Å². The molecule has 6 nitrogen and oxygen atoms in total. The summed E-state index contributed by atoms with van der Waals surface area (Å²) in [4.78, 5) is 25.8. The molecule has 2 amide bonds. The summed E-state index contributed by atoms with van der Waals surface area (Å²) in [6, 6.07) is 5.89. The highest BCUT2D eigenvalue weighted by atomic mass is 32.2. The molecule has 23 heavy (non-hydrogen) atoms. The Morgan fingerprint density at radius 3 is 2.70 bits per heavy atom. The van der Waals surface area contributed by atoms with Crippen molar-refractivity contribution in [3.63, 3.8) is 0 Å². The topological polar surface area (TPSA) is 67.9 Å². The number of methoxy groups -OCH3 is 2. The lowest BCUT2D eigenvalue weighted by molar-refractivity contribution is -0.133. The zero-order chi connectivity index (χ0) is 16.4. The zero-order valence-electron chi connectivity index (χ0n) is 13.2. The molecule has 0 aromatic heterocycles. The van der Waals surface area contributed by atoms with Gasteiger partial charge in [-0.1, -0.05) is 6.07 Å². The maximum absolute atomic E-state index is 12.1. The van der Waals surface area contributed by atoms with Gasteiger partial charge in [0.25, 0.3) is 0 Å². The molecule has 1 saturated carbocycles. The van der Waals surface area contributed by atoms with E-state index in [1.54, 1.807) is 19.1 Å². The van der Waals surface area contributed by atoms with Gasteiger partial charge in [-0.2, -0.15) is 0 Å². The van der Waals surface area contributed by atoms with Crippen LogP contribution < -0.4 is 14.8 Å². The van der Waals surface area contributed by atoms with Crippen LogP contribution in [0.25, 0.3) is 0 Å². The quantitative estimate of drug-likeness (QED) is 0.854. The Morgan fingerprint density at radius 1 is 1.30 bits per heavy atom. The molecule has 1 aromatic rings. The third-order valence-electron chi connectivity index (χ3n) is 3.92. The molecule has 2 aliphatic rings. The van der Waals surface area contributed by atoms with E-state index in [0.29, 0.717) is 23.3 Å². The van der Waals surface area contributed by atoms with Gasteiger partial charge in [0.1, 0.15) is 11.9 Å². The largest absolute Gasteiger partial charge is 0.493 e. The van der Waals surface area contributed by atoms with Crippen LogP contribution in [0, 0.1) is 0 Å². The maximum atomic E-state index is 12.1. The lowest BCUT2D eigenvalue weighted by Crippen LogP contribution is -2.40. The Bertz CT molecular complexity index is 618. The molecule has 1 N–H and O–H groups in total. The van der Waals surface area contributed by atoms with Crippen molar-refractivity contribution in [2.75, 3.05) is 26.5 Å². The Labute approximate surface area is 139 Å². The summed E-state index contributed by atoms with van der Waals surface area (Å²) in [6.45, 7) is 0.0986. The van der Waals surface area contributed by atoms with Crippen LogP contribution in [0.15, 0.2) is 18.2 Å². The molecule has 3 rings (SSSR count). The molecular formula is C16H20N2O4S. The molecular weight excluding hydrogens is 316 g/mol. The number of hydrogen-bond acceptors (Lipinski definition) is 5. The SMILES string of the molecule is COc1ccc([C@H]2SCC(=O)N2CC(=O)NC2CC2)cc1OC. The number of nitrogens with one attached hydrogen (secondary N) is 1. The smallest absolute Gasteiger partial charge is 0.239 e. The normalized spacial score (nSPS) is 20.5. The van der Waals surface area contributed by atoms with Gasteiger partial charge < -0.3 is 19.7 Å². The van der Waals surface area contributed by atoms with Crippen LogP contribution in [0.2, 0.25) is 0 Å². The van der Waals surface area contributed by atoms with Gasteiger partial charge in [-0.05, 0) is 30.5 Å². The van der Waals surface area contributed by atoms with Crippen LogP contribution in [0.5, 0.6) is 11.5 Å². The molecule has 1 atom stereocenters. The maximum Gasteiger partial charge on any atom is 0.239 e. The highest BCUT2D eigenvalue weighted by Gasteiger charge is 2.35. The first-order valence-corrected chi connectivity index (χ1v) is 8.59. The summed E-state index contributed by atoms with van der Waals surface area (Å²) in [6.07, 6.45) is 2.07. The molecule has 1 saturated heterocycles. The summed E-state index contributed by atoms with van der Waals surface area (Å²) >= 11 is 1.52. The molecule has 1 aliphatic heterocycles. The van der Waals surface area contributed by atoms with Gasteiger partial charge >= 0.3 is 0 Å². The Morgan fingerprint density at radius 2 is 2.04 bits per heavy atom. The highest BCUT2D eigenvalue weighted by molar-refractivity contribution is 8.00. The van der Waals surface area contributed by atoms with Crippen molar-refractivity contribution in [1.29, 1.82) is 0 Å². The van der Waals surface area contributed by atoms with E-state index in [-0.39, 0.29) is 23.7 Å². The molecule has 0 unspecified atom stereocenters. The number of carbonyl (C=O) groups is 2. The van der Waals surface area contributed by atoms with Crippen molar-refractivity contribution < 1.29 is 19.1 Å². The van der Waals surface area contributed by atoms with Gasteiger partial charge in [-0.15, -0.1) is 11.8 Å². The lowest BCUT2D eigenvalue weighted by atomic mass is 10.1. The molecule has 124 valence electrons. The second-order valence-corrected chi connectivity index (χ2v) is 6.71. The van der Waals surface area contributed by atoms with E-state index >= 15 is 0 Å². The van der Waals surface area contributed by atoms with E-state index in [2.05, 4.69) is 5.32 Å². The lowest BCUT2D eigenvalue weighted by Gasteiger charge is -2.24. The monoisotopic (exact) mass is 336 g/mol. The van der Waals surface area contributed by atoms with Gasteiger partial charge in [0.2, 0.25) is 11.8 Å². The first-order valence-electron chi connectivity index (χ1n) is 7.54. The van der Waals surface area contributed by atoms with Crippen LogP contribution >= 0.6 is 11.8 Å². The zero-order valence-corrected chi connectivity index (χ0v) is 14.0. The van der Waals surface area contributed by atoms with Crippen LogP contribution in [-0.2, 0) is 9.59 Å². The number of thioether (sulfide) groups is 1. The predicted octanol–water partition coefficient (Wildman–Crippen LogP) is 1.56. The van der Waals surface area contributed by atoms with Gasteiger partial charge in [-0.3, -0.25) is 9.59 Å². The standard InChI is InChI=1S/C16H20N2O4S/c1-21-12-6-3-10(7-13(12)22-2)16-18(15(20)9-23-16)8-14(19)17-11-4-5-11/h3,6-7,11,16H,4-5,8-9H2,1-2H3,(H,17,19)/t16-/m1/s1. The molecule has 0 spiro atoms. The Hall–Kier alpha value is -1.89. The third kappa shape index (κ3) is 3.55. The average molecular weight is 336 g/mol. The van der Waals surface area contributed by atoms with E-state index in [1.165, 1.54) is 11.8 Å². The number of ether oxygens (including phenoxy) is 2. The second-order valence-electron chi connectivity index (χ2n) is 5.64. The molecule has 0 bridgehead atoms. The van der Waals surface area contributed by atoms with E-state index in [0.717, 1.165) is 18.4 Å². The summed E-state index contributed by atoms with van der Waals surface area (Å²) in [5, 5.41) is 2.75. The molecule has 1 aromatic carbocycles. The van der Waals surface area contributed by atoms with Gasteiger partial charge in [0.15, 0.2) is 11.5 Å². The van der Waals surface area contributed by atoms with Crippen molar-refractivity contribution in [1.82, 2.24) is 10.2 Å². The van der Waals surface area contributed by atoms with Crippen molar-refractivity contribution in [3.05, 3.63) is 23.8 Å². The fourth-order valence-electron chi connectivity index (χ4n) is 2.56. The molecule has 7 heteroatoms. The molecule has 2 fully saturated rings. The number of carbonyl (C=O) groups excluding carboxylic acids is 2. The fraction of sp³-hybridized carbons (Fsp3) is 0.500. The summed E-state index contributed by atoms with van der Waals surface area (Å²) in [7, 11) is 3.16. The van der Waals surface area contributed by atoms with Crippen LogP contribution in [0.3, 0.4) is 0 Å². The first-order chi connectivity index (χ1) is 11.1. The minimum atomic E-state index is -0.174. The number of amides is 2. The number of nitrogens with zero attached hydrogens (tertiary/aromatic N) is 1. The molecule has 1 heterocycles. The fourth-order valence-corrected chi connectivity index (χ4v) is 3.74. The summed E-state index contributed by atoms with van der Waals surface area (Å²) in [5.74, 6) is 1.54. The van der Waals surface area contributed by atoms with E-state index in [1.807, 2.05) is 18.2 Å². The number of benzene rings is 1. The Balaban J connectivity index is 1.76. The van der Waals surface area contributed by atoms with E-state index < -0.39 is 0 Å². The van der Waals surface area contributed by atoms with Crippen molar-refractivity contribution in [2.45, 2.75) is 24.3 Å². The van der Waals surface area contributed by atoms with Gasteiger partial charge in [0, 0.05) is 6.04 Å². The van der Waals surface area contributed by atoms with Crippen LogP contribution in [0.4, 0.5) is 0 Å². The minimum absolute atomic E-state index is 0.0132. The highest BCUT2D eigenvalue weighted by Crippen LogP contribution is 2.41. The number of rotatable bonds is 6. The summed E-state index contributed by atoms with van der Waals surface area (Å²) < 4.78 is 10.6. The van der Waals surface area contributed by atoms with Gasteiger partial charge in [-0.25, -0.2) is 0 Å². The minimum Gasteiger partial charge on any atom is -0.493 e. The van der Waals surface area contributed by atoms with E-state index in [9.17, 15) is 9.59 Å². The number of hydrogen-bond donors (Lipinski definition) is 1. The average Bonchev–Trinajstić information content (AvgIpc) is 3.30. The van der Waals surface area contributed by atoms with Crippen LogP contribution in [0.1, 0.15) is 23.8 Å². The molecule has 1 aliphatic carbocycles. The van der Waals surface area contributed by atoms with Crippen LogP contribution in [-0.4, -0.2) is 49.3 Å². The first kappa shape index (κ1) is 16.0. The summed E-state index contributed by atoms with van der Waals surface area (Å²) in [5.41, 5.74) is 0.928. The predicted molar refractivity (Wildman–Crippen MR) is 87.6 cm³/mol. The Kier molecular flexibility index (Phi) is 4.66. The van der Waals surface area contributed by atoms with Crippen molar-refractivity contribution in [3.8, 4) is 11.5 Å². The molecule has 0 radical (unpaired) electrons. The van der Waals surface area contributed by atoms with Gasteiger partial charge in [0.05, 0.1) is 20.0 Å². The van der Waals surface area contributed by atoms with E-state index in [4.69, 9.17) is 9.47 Å². The second kappa shape index (κ2) is 6.70.